The zero-order chi connectivity index (χ0) is 19.6. The van der Waals surface area contributed by atoms with Crippen LogP contribution in [0.4, 0.5) is 4.39 Å². The molecule has 1 aliphatic heterocycles. The third-order valence-electron chi connectivity index (χ3n) is 5.16. The van der Waals surface area contributed by atoms with Crippen LogP contribution in [-0.2, 0) is 6.54 Å². The van der Waals surface area contributed by atoms with Gasteiger partial charge in [-0.1, -0.05) is 18.2 Å². The van der Waals surface area contributed by atoms with Crippen LogP contribution in [0, 0.1) is 5.82 Å². The smallest absolute Gasteiger partial charge is 0.137 e. The van der Waals surface area contributed by atoms with Crippen LogP contribution in [0.3, 0.4) is 0 Å². The van der Waals surface area contributed by atoms with Gasteiger partial charge >= 0.3 is 0 Å². The van der Waals surface area contributed by atoms with Gasteiger partial charge in [-0.05, 0) is 59.8 Å². The molecule has 1 N–H and O–H groups in total. The molecule has 144 valence electrons. The number of allylic oxidation sites excluding steroid dienone is 2. The molecule has 0 amide bonds. The van der Waals surface area contributed by atoms with Crippen LogP contribution in [-0.4, -0.2) is 19.2 Å². The van der Waals surface area contributed by atoms with Crippen LogP contribution < -0.4 is 0 Å². The summed E-state index contributed by atoms with van der Waals surface area (Å²) in [5.74, 6) is -0.221. The zero-order valence-corrected chi connectivity index (χ0v) is 16.5. The van der Waals surface area contributed by atoms with Gasteiger partial charge in [0.25, 0.3) is 0 Å². The van der Waals surface area contributed by atoms with Crippen molar-refractivity contribution in [2.24, 2.45) is 0 Å². The summed E-state index contributed by atoms with van der Waals surface area (Å²) in [7, 11) is 0. The second kappa shape index (κ2) is 7.64. The number of pyridine rings is 1. The molecule has 0 fully saturated rings. The van der Waals surface area contributed by atoms with Gasteiger partial charge in [0.1, 0.15) is 11.5 Å². The number of fused-ring (bicyclic) bond motifs is 1. The van der Waals surface area contributed by atoms with Gasteiger partial charge in [-0.2, -0.15) is 0 Å². The molecule has 4 nitrogen and oxygen atoms in total. The average molecular weight is 402 g/mol. The van der Waals surface area contributed by atoms with Gasteiger partial charge < -0.3 is 9.88 Å². The molecule has 0 atom stereocenters. The van der Waals surface area contributed by atoms with E-state index >= 15 is 0 Å². The lowest BCUT2D eigenvalue weighted by Gasteiger charge is -2.26. The van der Waals surface area contributed by atoms with E-state index in [1.54, 1.807) is 0 Å². The summed E-state index contributed by atoms with van der Waals surface area (Å²) in [6.07, 6.45) is 11.8. The van der Waals surface area contributed by atoms with E-state index in [1.807, 2.05) is 30.7 Å². The lowest BCUT2D eigenvalue weighted by atomic mass is 9.94. The number of nitrogens with one attached hydrogen (secondary N) is 1. The Labute approximate surface area is 172 Å². The number of hydrogen-bond donors (Lipinski definition) is 1. The Balaban J connectivity index is 1.74. The number of aromatic amines is 1. The van der Waals surface area contributed by atoms with Crippen LogP contribution in [0.15, 0.2) is 72.6 Å². The van der Waals surface area contributed by atoms with Crippen LogP contribution in [0.5, 0.6) is 0 Å². The molecular formula is C23H19FN4S. The molecule has 0 bridgehead atoms. The summed E-state index contributed by atoms with van der Waals surface area (Å²) in [6.45, 7) is 0.723. The Hall–Kier alpha value is -3.25. The molecule has 3 aromatic heterocycles. The molecule has 1 aromatic carbocycles. The van der Waals surface area contributed by atoms with Crippen molar-refractivity contribution in [1.29, 1.82) is 0 Å². The quantitative estimate of drug-likeness (QED) is 0.467. The van der Waals surface area contributed by atoms with Crippen LogP contribution in [0.1, 0.15) is 29.5 Å². The lowest BCUT2D eigenvalue weighted by Crippen LogP contribution is -2.16. The molecule has 1 aliphatic rings. The van der Waals surface area contributed by atoms with Crippen molar-refractivity contribution in [3.63, 3.8) is 0 Å². The molecule has 0 spiro atoms. The van der Waals surface area contributed by atoms with Crippen molar-refractivity contribution in [2.45, 2.75) is 19.4 Å². The summed E-state index contributed by atoms with van der Waals surface area (Å²) in [6, 6.07) is 10.9. The molecule has 0 saturated heterocycles. The van der Waals surface area contributed by atoms with Crippen molar-refractivity contribution in [1.82, 2.24) is 19.2 Å². The van der Waals surface area contributed by atoms with Gasteiger partial charge in [0.15, 0.2) is 0 Å². The highest BCUT2D eigenvalue weighted by Crippen LogP contribution is 2.38. The first kappa shape index (κ1) is 17.8. The SMILES string of the molecule is Fc1ccc(C2=C(c3ccnc4[nH]ccc34)N(Cc3cnsc3)C=CCC2)cc1. The van der Waals surface area contributed by atoms with E-state index in [9.17, 15) is 4.39 Å². The molecule has 4 heterocycles. The Kier molecular flexibility index (Phi) is 4.69. The number of rotatable bonds is 4. The molecule has 0 aliphatic carbocycles. The van der Waals surface area contributed by atoms with E-state index in [2.05, 4.69) is 49.0 Å². The van der Waals surface area contributed by atoms with E-state index < -0.39 is 0 Å². The fourth-order valence-corrected chi connectivity index (χ4v) is 4.37. The van der Waals surface area contributed by atoms with E-state index in [0.717, 1.165) is 52.8 Å². The molecule has 0 radical (unpaired) electrons. The summed E-state index contributed by atoms with van der Waals surface area (Å²) in [5, 5.41) is 3.15. The van der Waals surface area contributed by atoms with Gasteiger partial charge in [-0.3, -0.25) is 0 Å². The van der Waals surface area contributed by atoms with Gasteiger partial charge in [-0.25, -0.2) is 13.7 Å². The van der Waals surface area contributed by atoms with Gasteiger partial charge in [-0.15, -0.1) is 0 Å². The number of hydrogen-bond acceptors (Lipinski definition) is 4. The van der Waals surface area contributed by atoms with E-state index in [4.69, 9.17) is 0 Å². The predicted molar refractivity (Wildman–Crippen MR) is 115 cm³/mol. The van der Waals surface area contributed by atoms with Gasteiger partial charge in [0, 0.05) is 53.2 Å². The van der Waals surface area contributed by atoms with Crippen molar-refractivity contribution in [3.05, 3.63) is 95.2 Å². The number of nitrogens with zero attached hydrogens (tertiary/aromatic N) is 3. The fourth-order valence-electron chi connectivity index (χ4n) is 3.85. The van der Waals surface area contributed by atoms with Crippen LogP contribution in [0.2, 0.25) is 0 Å². The minimum Gasteiger partial charge on any atom is -0.346 e. The maximum atomic E-state index is 13.6. The fraction of sp³-hybridized carbons (Fsp3) is 0.130. The molecule has 0 saturated carbocycles. The Bertz CT molecular complexity index is 1190. The number of H-pyrrole nitrogens is 1. The first-order chi connectivity index (χ1) is 14.3. The summed E-state index contributed by atoms with van der Waals surface area (Å²) in [5.41, 5.74) is 6.51. The third kappa shape index (κ3) is 3.47. The summed E-state index contributed by atoms with van der Waals surface area (Å²) in [4.78, 5) is 9.94. The normalized spacial score (nSPS) is 14.6. The standard InChI is InChI=1S/C23H19FN4S/c24-18-6-4-17(5-7-18)19-3-1-2-12-28(14-16-13-27-29-15-16)22(19)20-8-10-25-23-21(20)9-11-26-23/h2,4-13,15H,1,3,14H2,(H,25,26). The predicted octanol–water partition coefficient (Wildman–Crippen LogP) is 5.84. The lowest BCUT2D eigenvalue weighted by molar-refractivity contribution is 0.528. The van der Waals surface area contributed by atoms with Crippen molar-refractivity contribution in [2.75, 3.05) is 0 Å². The maximum Gasteiger partial charge on any atom is 0.137 e. The number of halogens is 1. The highest BCUT2D eigenvalue weighted by atomic mass is 32.1. The highest BCUT2D eigenvalue weighted by Gasteiger charge is 2.21. The molecule has 6 heteroatoms. The third-order valence-corrected chi connectivity index (χ3v) is 5.80. The molecule has 0 unspecified atom stereocenters. The second-order valence-corrected chi connectivity index (χ2v) is 7.67. The Morgan fingerprint density at radius 1 is 1.14 bits per heavy atom. The van der Waals surface area contributed by atoms with Crippen LogP contribution >= 0.6 is 11.5 Å². The van der Waals surface area contributed by atoms with Crippen LogP contribution in [0.25, 0.3) is 22.3 Å². The monoisotopic (exact) mass is 402 g/mol. The first-order valence-electron chi connectivity index (χ1n) is 9.53. The molecule has 4 aromatic rings. The first-order valence-corrected chi connectivity index (χ1v) is 10.4. The minimum atomic E-state index is -0.221. The molecule has 5 rings (SSSR count). The van der Waals surface area contributed by atoms with Crippen molar-refractivity contribution < 1.29 is 4.39 Å². The van der Waals surface area contributed by atoms with Gasteiger partial charge in [0.2, 0.25) is 0 Å². The van der Waals surface area contributed by atoms with Crippen molar-refractivity contribution in [3.8, 4) is 0 Å². The maximum absolute atomic E-state index is 13.6. The second-order valence-electron chi connectivity index (χ2n) is 7.02. The Morgan fingerprint density at radius 3 is 2.86 bits per heavy atom. The Morgan fingerprint density at radius 2 is 2.03 bits per heavy atom. The van der Waals surface area contributed by atoms with E-state index in [1.165, 1.54) is 29.2 Å². The highest BCUT2D eigenvalue weighted by molar-refractivity contribution is 7.03. The van der Waals surface area contributed by atoms with Crippen molar-refractivity contribution >= 4 is 33.8 Å². The zero-order valence-electron chi connectivity index (χ0n) is 15.7. The molecule has 29 heavy (non-hydrogen) atoms. The largest absolute Gasteiger partial charge is 0.346 e. The van der Waals surface area contributed by atoms with E-state index in [0.29, 0.717) is 0 Å². The summed E-state index contributed by atoms with van der Waals surface area (Å²) < 4.78 is 17.8. The summed E-state index contributed by atoms with van der Waals surface area (Å²) >= 11 is 1.46. The minimum absolute atomic E-state index is 0.221. The van der Waals surface area contributed by atoms with E-state index in [-0.39, 0.29) is 5.82 Å². The topological polar surface area (TPSA) is 44.8 Å². The molecular weight excluding hydrogens is 383 g/mol. The number of benzene rings is 1. The number of aromatic nitrogens is 3. The average Bonchev–Trinajstić information content (AvgIpc) is 3.38. The van der Waals surface area contributed by atoms with Gasteiger partial charge in [0.05, 0.1) is 5.70 Å².